The van der Waals surface area contributed by atoms with Gasteiger partial charge >= 0.3 is 0 Å². The maximum absolute atomic E-state index is 2.73. The Morgan fingerprint density at radius 2 is 1.61 bits per heavy atom. The van der Waals surface area contributed by atoms with E-state index in [0.29, 0.717) is 11.1 Å². The molecule has 5 rings (SSSR count). The first kappa shape index (κ1) is 15.2. The standard InChI is InChI=1S/C21H36N2/c1-19-8-3-4-17(19)16-6-5-15-14-21(22-12-13-23-21)11-10-20(15,2)18(16)7-9-19/h15-18,22-23H,3-14H2,1-2H3/p+2/t15-,16+,17-,18-,19+,20+/m1/s1. The van der Waals surface area contributed by atoms with E-state index in [-0.39, 0.29) is 0 Å². The van der Waals surface area contributed by atoms with Crippen LogP contribution in [0.4, 0.5) is 0 Å². The molecular formula is C21H38N2+2. The summed E-state index contributed by atoms with van der Waals surface area (Å²) >= 11 is 0. The number of nitrogens with two attached hydrogens (primary N) is 2. The molecule has 4 aliphatic carbocycles. The van der Waals surface area contributed by atoms with Crippen LogP contribution in [0.5, 0.6) is 0 Å². The van der Waals surface area contributed by atoms with Gasteiger partial charge in [0.2, 0.25) is 5.66 Å². The summed E-state index contributed by atoms with van der Waals surface area (Å²) in [7, 11) is 0. The molecule has 0 aromatic carbocycles. The van der Waals surface area contributed by atoms with Crippen LogP contribution in [-0.2, 0) is 0 Å². The molecule has 2 heteroatoms. The van der Waals surface area contributed by atoms with Crippen molar-refractivity contribution in [2.24, 2.45) is 34.5 Å². The van der Waals surface area contributed by atoms with Gasteiger partial charge in [-0.1, -0.05) is 20.3 Å². The summed E-state index contributed by atoms with van der Waals surface area (Å²) < 4.78 is 0. The highest BCUT2D eigenvalue weighted by molar-refractivity contribution is 5.07. The first-order valence-corrected chi connectivity index (χ1v) is 10.7. The summed E-state index contributed by atoms with van der Waals surface area (Å²) in [6.07, 6.45) is 15.4. The predicted molar refractivity (Wildman–Crippen MR) is 92.7 cm³/mol. The van der Waals surface area contributed by atoms with Crippen LogP contribution in [-0.4, -0.2) is 18.8 Å². The molecule has 1 aliphatic heterocycles. The summed E-state index contributed by atoms with van der Waals surface area (Å²) in [6.45, 7) is 8.09. The van der Waals surface area contributed by atoms with Crippen LogP contribution in [0.1, 0.15) is 78.1 Å². The lowest BCUT2D eigenvalue weighted by molar-refractivity contribution is -0.891. The summed E-state index contributed by atoms with van der Waals surface area (Å²) in [6, 6.07) is 0. The first-order valence-electron chi connectivity index (χ1n) is 10.7. The topological polar surface area (TPSA) is 33.2 Å². The van der Waals surface area contributed by atoms with Crippen molar-refractivity contribution in [1.29, 1.82) is 0 Å². The largest absolute Gasteiger partial charge is 0.290 e. The number of hydrogen-bond acceptors (Lipinski definition) is 0. The average Bonchev–Trinajstić information content (AvgIpc) is 3.15. The quantitative estimate of drug-likeness (QED) is 0.687. The summed E-state index contributed by atoms with van der Waals surface area (Å²) in [5.41, 5.74) is 1.98. The highest BCUT2D eigenvalue weighted by atomic mass is 15.3. The third-order valence-electron chi connectivity index (χ3n) is 9.87. The zero-order valence-electron chi connectivity index (χ0n) is 15.4. The fourth-order valence-electron chi connectivity index (χ4n) is 8.51. The Labute approximate surface area is 142 Å². The Morgan fingerprint density at radius 1 is 0.783 bits per heavy atom. The lowest BCUT2D eigenvalue weighted by atomic mass is 9.44. The molecule has 23 heavy (non-hydrogen) atoms. The number of hydrogen-bond donors (Lipinski definition) is 2. The molecule has 130 valence electrons. The van der Waals surface area contributed by atoms with E-state index in [1.54, 1.807) is 32.1 Å². The lowest BCUT2D eigenvalue weighted by Gasteiger charge is -2.60. The minimum atomic E-state index is 0.563. The molecule has 0 unspecified atom stereocenters. The van der Waals surface area contributed by atoms with Crippen molar-refractivity contribution in [3.63, 3.8) is 0 Å². The molecule has 1 spiro atoms. The highest BCUT2D eigenvalue weighted by Gasteiger charge is 2.61. The van der Waals surface area contributed by atoms with Crippen molar-refractivity contribution >= 4 is 0 Å². The second-order valence-electron chi connectivity index (χ2n) is 10.7. The Hall–Kier alpha value is -0.0800. The molecule has 0 aromatic rings. The second kappa shape index (κ2) is 4.97. The van der Waals surface area contributed by atoms with Gasteiger partial charge in [-0.2, -0.15) is 0 Å². The van der Waals surface area contributed by atoms with Gasteiger partial charge in [0.25, 0.3) is 0 Å². The average molecular weight is 319 g/mol. The van der Waals surface area contributed by atoms with E-state index in [1.165, 1.54) is 45.2 Å². The summed E-state index contributed by atoms with van der Waals surface area (Å²) in [4.78, 5) is 0. The molecule has 6 atom stereocenters. The molecule has 0 amide bonds. The number of quaternary nitrogens is 2. The van der Waals surface area contributed by atoms with E-state index in [9.17, 15) is 0 Å². The second-order valence-corrected chi connectivity index (χ2v) is 10.7. The third-order valence-corrected chi connectivity index (χ3v) is 9.87. The normalized spacial score (nSPS) is 54.5. The third kappa shape index (κ3) is 2.06. The van der Waals surface area contributed by atoms with Crippen molar-refractivity contribution in [3.05, 3.63) is 0 Å². The van der Waals surface area contributed by atoms with Crippen molar-refractivity contribution in [2.75, 3.05) is 13.1 Å². The molecule has 0 radical (unpaired) electrons. The molecule has 4 saturated carbocycles. The van der Waals surface area contributed by atoms with Gasteiger partial charge in [-0.15, -0.1) is 0 Å². The minimum absolute atomic E-state index is 0.563. The smallest absolute Gasteiger partial charge is 0.220 e. The van der Waals surface area contributed by atoms with Crippen LogP contribution in [0.3, 0.4) is 0 Å². The fourth-order valence-corrected chi connectivity index (χ4v) is 8.51. The van der Waals surface area contributed by atoms with Crippen molar-refractivity contribution < 1.29 is 10.6 Å². The molecule has 0 aromatic heterocycles. The van der Waals surface area contributed by atoms with Gasteiger partial charge in [-0.25, -0.2) is 0 Å². The SMILES string of the molecule is C[C@@]12CCC[C@@H]1[C@@H]1CC[C@@H]3CC4(CC[C@]3(C)[C@@H]1CC2)[NH2+]CC[NH2+]4. The van der Waals surface area contributed by atoms with E-state index >= 15 is 0 Å². The van der Waals surface area contributed by atoms with Gasteiger partial charge < -0.3 is 0 Å². The van der Waals surface area contributed by atoms with E-state index < -0.39 is 0 Å². The van der Waals surface area contributed by atoms with E-state index in [2.05, 4.69) is 24.5 Å². The molecule has 5 fully saturated rings. The van der Waals surface area contributed by atoms with Crippen molar-refractivity contribution in [3.8, 4) is 0 Å². The Balaban J connectivity index is 1.41. The van der Waals surface area contributed by atoms with E-state index in [1.807, 2.05) is 0 Å². The molecular weight excluding hydrogens is 280 g/mol. The Bertz CT molecular complexity index is 482. The van der Waals surface area contributed by atoms with Gasteiger partial charge in [0.1, 0.15) is 13.1 Å². The summed E-state index contributed by atoms with van der Waals surface area (Å²) in [5, 5.41) is 5.40. The molecule has 2 nitrogen and oxygen atoms in total. The van der Waals surface area contributed by atoms with Crippen LogP contribution < -0.4 is 10.6 Å². The van der Waals surface area contributed by atoms with Crippen LogP contribution in [0, 0.1) is 34.5 Å². The van der Waals surface area contributed by atoms with Crippen LogP contribution in [0.2, 0.25) is 0 Å². The molecule has 0 bridgehead atoms. The summed E-state index contributed by atoms with van der Waals surface area (Å²) in [5.74, 6) is 4.26. The van der Waals surface area contributed by atoms with Gasteiger partial charge in [0, 0.05) is 0 Å². The van der Waals surface area contributed by atoms with E-state index in [4.69, 9.17) is 0 Å². The van der Waals surface area contributed by atoms with Crippen LogP contribution >= 0.6 is 0 Å². The molecule has 5 aliphatic rings. The highest BCUT2D eigenvalue weighted by Crippen LogP contribution is 2.66. The number of rotatable bonds is 0. The van der Waals surface area contributed by atoms with Gasteiger partial charge in [0.05, 0.1) is 12.8 Å². The van der Waals surface area contributed by atoms with Crippen molar-refractivity contribution in [2.45, 2.75) is 83.7 Å². The zero-order valence-corrected chi connectivity index (χ0v) is 15.4. The van der Waals surface area contributed by atoms with Gasteiger partial charge in [0.15, 0.2) is 0 Å². The molecule has 1 heterocycles. The molecule has 4 N–H and O–H groups in total. The monoisotopic (exact) mass is 318 g/mol. The van der Waals surface area contributed by atoms with Crippen LogP contribution in [0.25, 0.3) is 0 Å². The maximum Gasteiger partial charge on any atom is 0.220 e. The Kier molecular flexibility index (Phi) is 3.29. The van der Waals surface area contributed by atoms with Crippen molar-refractivity contribution in [1.82, 2.24) is 0 Å². The number of fused-ring (bicyclic) bond motifs is 5. The van der Waals surface area contributed by atoms with Gasteiger partial charge in [-0.05, 0) is 79.4 Å². The van der Waals surface area contributed by atoms with Gasteiger partial charge in [-0.3, -0.25) is 10.6 Å². The predicted octanol–water partition coefficient (Wildman–Crippen LogP) is 2.26. The first-order chi connectivity index (χ1) is 11.0. The molecule has 1 saturated heterocycles. The zero-order chi connectivity index (χ0) is 15.7. The minimum Gasteiger partial charge on any atom is -0.290 e. The Morgan fingerprint density at radius 3 is 2.43 bits per heavy atom. The lowest BCUT2D eigenvalue weighted by Crippen LogP contribution is -3.12. The maximum atomic E-state index is 2.73. The van der Waals surface area contributed by atoms with E-state index in [0.717, 1.165) is 29.1 Å². The fraction of sp³-hybridized carbons (Fsp3) is 1.00. The van der Waals surface area contributed by atoms with Crippen LogP contribution in [0.15, 0.2) is 0 Å².